The van der Waals surface area contributed by atoms with Crippen LogP contribution in [0, 0.1) is 0 Å². The van der Waals surface area contributed by atoms with E-state index in [1.807, 2.05) is 24.3 Å². The molecule has 0 saturated heterocycles. The van der Waals surface area contributed by atoms with Crippen molar-refractivity contribution in [3.8, 4) is 11.1 Å². The van der Waals surface area contributed by atoms with Gasteiger partial charge >= 0.3 is 18.0 Å². The summed E-state index contributed by atoms with van der Waals surface area (Å²) < 4.78 is 5.79. The molecule has 1 aliphatic carbocycles. The summed E-state index contributed by atoms with van der Waals surface area (Å²) in [7, 11) is 0. The van der Waals surface area contributed by atoms with Crippen LogP contribution < -0.4 is 0 Å². The summed E-state index contributed by atoms with van der Waals surface area (Å²) in [5.74, 6) is -1.95. The van der Waals surface area contributed by atoms with Gasteiger partial charge < -0.3 is 19.8 Å². The second-order valence-corrected chi connectivity index (χ2v) is 8.58. The van der Waals surface area contributed by atoms with E-state index >= 15 is 0 Å². The van der Waals surface area contributed by atoms with Crippen molar-refractivity contribution >= 4 is 18.0 Å². The molecule has 7 heteroatoms. The van der Waals surface area contributed by atoms with Crippen LogP contribution in [-0.2, 0) is 16.1 Å². The Bertz CT molecular complexity index is 1170. The molecule has 0 aliphatic heterocycles. The second-order valence-electron chi connectivity index (χ2n) is 8.58. The van der Waals surface area contributed by atoms with Gasteiger partial charge in [0.1, 0.15) is 6.61 Å². The molecular weight excluding hydrogens is 446 g/mol. The van der Waals surface area contributed by atoms with Crippen molar-refractivity contribution in [2.45, 2.75) is 31.7 Å². The largest absolute Gasteiger partial charge is 0.481 e. The van der Waals surface area contributed by atoms with E-state index in [1.54, 1.807) is 17.0 Å². The molecule has 180 valence electrons. The van der Waals surface area contributed by atoms with E-state index in [1.165, 1.54) is 12.1 Å². The molecule has 1 aliphatic rings. The van der Waals surface area contributed by atoms with Crippen molar-refractivity contribution in [3.05, 3.63) is 95.1 Å². The number of unbranched alkanes of at least 4 members (excludes halogenated alkanes) is 1. The highest BCUT2D eigenvalue weighted by molar-refractivity contribution is 5.87. The third-order valence-electron chi connectivity index (χ3n) is 6.24. The van der Waals surface area contributed by atoms with Gasteiger partial charge in [0, 0.05) is 25.4 Å². The lowest BCUT2D eigenvalue weighted by atomic mass is 9.98. The molecule has 35 heavy (non-hydrogen) atoms. The SMILES string of the molecule is O=C(O)CCCCN(Cc1ccc(C(=O)O)cc1)C(=O)OCC1c2ccccc2-c2ccccc21. The quantitative estimate of drug-likeness (QED) is 0.383. The van der Waals surface area contributed by atoms with Gasteiger partial charge in [-0.25, -0.2) is 9.59 Å². The summed E-state index contributed by atoms with van der Waals surface area (Å²) in [5.41, 5.74) is 5.48. The number of hydrogen-bond donors (Lipinski definition) is 2. The number of amides is 1. The molecule has 3 aromatic rings. The number of aliphatic carboxylic acids is 1. The van der Waals surface area contributed by atoms with E-state index < -0.39 is 18.0 Å². The van der Waals surface area contributed by atoms with Crippen LogP contribution in [0.5, 0.6) is 0 Å². The van der Waals surface area contributed by atoms with Gasteiger partial charge in [-0.1, -0.05) is 60.7 Å². The first-order valence-electron chi connectivity index (χ1n) is 11.6. The highest BCUT2D eigenvalue weighted by Crippen LogP contribution is 2.44. The molecule has 0 heterocycles. The molecule has 1 amide bonds. The van der Waals surface area contributed by atoms with E-state index in [-0.39, 0.29) is 31.1 Å². The van der Waals surface area contributed by atoms with Crippen LogP contribution in [0.2, 0.25) is 0 Å². The van der Waals surface area contributed by atoms with Crippen LogP contribution >= 0.6 is 0 Å². The lowest BCUT2D eigenvalue weighted by Gasteiger charge is -2.24. The fourth-order valence-corrected chi connectivity index (χ4v) is 4.47. The Morgan fingerprint density at radius 2 is 1.40 bits per heavy atom. The van der Waals surface area contributed by atoms with Gasteiger partial charge in [0.2, 0.25) is 0 Å². The third-order valence-corrected chi connectivity index (χ3v) is 6.24. The van der Waals surface area contributed by atoms with Crippen molar-refractivity contribution in [1.29, 1.82) is 0 Å². The monoisotopic (exact) mass is 473 g/mol. The molecule has 0 atom stereocenters. The Labute approximate surface area is 203 Å². The zero-order valence-electron chi connectivity index (χ0n) is 19.2. The van der Waals surface area contributed by atoms with Crippen molar-refractivity contribution in [2.75, 3.05) is 13.2 Å². The van der Waals surface area contributed by atoms with Gasteiger partial charge in [0.15, 0.2) is 0 Å². The number of carbonyl (C=O) groups is 3. The zero-order valence-corrected chi connectivity index (χ0v) is 19.2. The van der Waals surface area contributed by atoms with Crippen LogP contribution in [0.4, 0.5) is 4.79 Å². The molecule has 0 bridgehead atoms. The van der Waals surface area contributed by atoms with Crippen molar-refractivity contribution in [3.63, 3.8) is 0 Å². The summed E-state index contributed by atoms with van der Waals surface area (Å²) in [4.78, 5) is 36.7. The highest BCUT2D eigenvalue weighted by Gasteiger charge is 2.29. The Morgan fingerprint density at radius 3 is 1.97 bits per heavy atom. The summed E-state index contributed by atoms with van der Waals surface area (Å²) in [5, 5.41) is 18.0. The van der Waals surface area contributed by atoms with Gasteiger partial charge in [-0.05, 0) is 52.8 Å². The minimum Gasteiger partial charge on any atom is -0.481 e. The normalized spacial score (nSPS) is 12.0. The molecule has 4 rings (SSSR count). The number of carbonyl (C=O) groups excluding carboxylic acids is 1. The Balaban J connectivity index is 1.46. The topological polar surface area (TPSA) is 104 Å². The van der Waals surface area contributed by atoms with Gasteiger partial charge in [0.25, 0.3) is 0 Å². The third kappa shape index (κ3) is 5.69. The first kappa shape index (κ1) is 24.0. The number of fused-ring (bicyclic) bond motifs is 3. The number of rotatable bonds is 10. The van der Waals surface area contributed by atoms with Gasteiger partial charge in [-0.3, -0.25) is 4.79 Å². The maximum Gasteiger partial charge on any atom is 0.410 e. The zero-order chi connectivity index (χ0) is 24.8. The Hall–Kier alpha value is -4.13. The van der Waals surface area contributed by atoms with E-state index in [9.17, 15) is 14.4 Å². The van der Waals surface area contributed by atoms with Crippen molar-refractivity contribution < 1.29 is 29.3 Å². The summed E-state index contributed by atoms with van der Waals surface area (Å²) in [6.45, 7) is 0.769. The highest BCUT2D eigenvalue weighted by atomic mass is 16.6. The van der Waals surface area contributed by atoms with Crippen LogP contribution in [-0.4, -0.2) is 46.3 Å². The molecule has 0 radical (unpaired) electrons. The lowest BCUT2D eigenvalue weighted by molar-refractivity contribution is -0.137. The Kier molecular flexibility index (Phi) is 7.45. The molecule has 0 fully saturated rings. The molecule has 0 unspecified atom stereocenters. The molecular formula is C28H27NO6. The minimum absolute atomic E-state index is 0.0336. The summed E-state index contributed by atoms with van der Waals surface area (Å²) in [6.07, 6.45) is 0.514. The number of hydrogen-bond acceptors (Lipinski definition) is 4. The molecule has 3 aromatic carbocycles. The fourth-order valence-electron chi connectivity index (χ4n) is 4.47. The average molecular weight is 474 g/mol. The standard InChI is InChI=1S/C28H27NO6/c30-26(31)11-5-6-16-29(17-19-12-14-20(15-13-19)27(32)33)28(34)35-18-25-23-9-3-1-7-21(23)22-8-2-4-10-24(22)25/h1-4,7-10,12-15,25H,5-6,11,16-18H2,(H,30,31)(H,32,33). The number of aromatic carboxylic acids is 1. The lowest BCUT2D eigenvalue weighted by Crippen LogP contribution is -2.33. The maximum absolute atomic E-state index is 13.1. The molecule has 0 saturated carbocycles. The number of carboxylic acids is 2. The maximum atomic E-state index is 13.1. The molecule has 0 spiro atoms. The van der Waals surface area contributed by atoms with Gasteiger partial charge in [-0.2, -0.15) is 0 Å². The number of carboxylic acid groups (broad SMARTS) is 2. The van der Waals surface area contributed by atoms with Crippen LogP contribution in [0.1, 0.15) is 52.2 Å². The molecule has 2 N–H and O–H groups in total. The smallest absolute Gasteiger partial charge is 0.410 e. The first-order valence-corrected chi connectivity index (χ1v) is 11.6. The molecule has 7 nitrogen and oxygen atoms in total. The van der Waals surface area contributed by atoms with E-state index in [0.717, 1.165) is 27.8 Å². The number of ether oxygens (including phenoxy) is 1. The van der Waals surface area contributed by atoms with E-state index in [4.69, 9.17) is 14.9 Å². The average Bonchev–Trinajstić information content (AvgIpc) is 3.18. The first-order chi connectivity index (χ1) is 16.9. The number of benzene rings is 3. The molecule has 0 aromatic heterocycles. The van der Waals surface area contributed by atoms with Crippen molar-refractivity contribution in [1.82, 2.24) is 4.90 Å². The van der Waals surface area contributed by atoms with E-state index in [0.29, 0.717) is 19.4 Å². The fraction of sp³-hybridized carbons (Fsp3) is 0.250. The van der Waals surface area contributed by atoms with Gasteiger partial charge in [0.05, 0.1) is 5.56 Å². The Morgan fingerprint density at radius 1 is 0.800 bits per heavy atom. The summed E-state index contributed by atoms with van der Waals surface area (Å²) >= 11 is 0. The summed E-state index contributed by atoms with van der Waals surface area (Å²) in [6, 6.07) is 22.6. The minimum atomic E-state index is -1.02. The van der Waals surface area contributed by atoms with Crippen LogP contribution in [0.25, 0.3) is 11.1 Å². The van der Waals surface area contributed by atoms with Crippen molar-refractivity contribution in [2.24, 2.45) is 0 Å². The predicted molar refractivity (Wildman–Crippen MR) is 130 cm³/mol. The second kappa shape index (κ2) is 10.9. The van der Waals surface area contributed by atoms with Crippen LogP contribution in [0.3, 0.4) is 0 Å². The van der Waals surface area contributed by atoms with Crippen LogP contribution in [0.15, 0.2) is 72.8 Å². The van der Waals surface area contributed by atoms with E-state index in [2.05, 4.69) is 24.3 Å². The number of nitrogens with zero attached hydrogens (tertiary/aromatic N) is 1. The van der Waals surface area contributed by atoms with Gasteiger partial charge in [-0.15, -0.1) is 0 Å². The predicted octanol–water partition coefficient (Wildman–Crippen LogP) is 5.39.